The van der Waals surface area contributed by atoms with Crippen LogP contribution in [0.1, 0.15) is 45.1 Å². The summed E-state index contributed by atoms with van der Waals surface area (Å²) in [6.45, 7) is 5.92. The van der Waals surface area contributed by atoms with E-state index in [0.717, 1.165) is 5.92 Å². The minimum atomic E-state index is -0.318. The molecular formula is C14H19BrO2. The van der Waals surface area contributed by atoms with E-state index >= 15 is 0 Å². The Hall–Kier alpha value is -0.830. The molecule has 0 saturated heterocycles. The van der Waals surface area contributed by atoms with Crippen LogP contribution in [0.4, 0.5) is 0 Å². The van der Waals surface area contributed by atoms with Crippen molar-refractivity contribution in [2.75, 3.05) is 0 Å². The average molecular weight is 299 g/mol. The molecule has 0 unspecified atom stereocenters. The summed E-state index contributed by atoms with van der Waals surface area (Å²) in [5.74, 6) is 0.882. The van der Waals surface area contributed by atoms with E-state index in [1.54, 1.807) is 0 Å². The summed E-state index contributed by atoms with van der Waals surface area (Å²) in [5, 5.41) is 0. The summed E-state index contributed by atoms with van der Waals surface area (Å²) in [7, 11) is 0. The molecule has 0 amide bonds. The predicted octanol–water partition coefficient (Wildman–Crippen LogP) is 4.28. The smallest absolute Gasteiger partial charge is 0.293 e. The maximum absolute atomic E-state index is 9.60. The van der Waals surface area contributed by atoms with E-state index < -0.39 is 0 Å². The lowest BCUT2D eigenvalue weighted by atomic mass is 10.1. The third-order valence-electron chi connectivity index (χ3n) is 2.32. The van der Waals surface area contributed by atoms with Gasteiger partial charge in [0.1, 0.15) is 5.60 Å². The Bertz CT molecular complexity index is 347. The standard InChI is InChI=1S/C9H9Br.C5H10O2/c10-9-5-3-8(4-6-9)7-1-2-7;1-5(2,3)7-4-6/h3-7H,1-2H2;4H,1-3H3. The maximum atomic E-state index is 9.60. The molecule has 17 heavy (non-hydrogen) atoms. The lowest BCUT2D eigenvalue weighted by Gasteiger charge is -2.14. The molecule has 1 aromatic rings. The van der Waals surface area contributed by atoms with Gasteiger partial charge in [-0.05, 0) is 57.2 Å². The van der Waals surface area contributed by atoms with Crippen molar-refractivity contribution in [3.05, 3.63) is 34.3 Å². The van der Waals surface area contributed by atoms with Gasteiger partial charge in [0.2, 0.25) is 0 Å². The van der Waals surface area contributed by atoms with Gasteiger partial charge in [-0.2, -0.15) is 0 Å². The van der Waals surface area contributed by atoms with Crippen molar-refractivity contribution in [3.63, 3.8) is 0 Å². The van der Waals surface area contributed by atoms with Gasteiger partial charge in [-0.3, -0.25) is 4.79 Å². The van der Waals surface area contributed by atoms with Crippen molar-refractivity contribution >= 4 is 22.4 Å². The van der Waals surface area contributed by atoms with Crippen LogP contribution in [0.25, 0.3) is 0 Å². The number of hydrogen-bond donors (Lipinski definition) is 0. The summed E-state index contributed by atoms with van der Waals surface area (Å²) in [6, 6.07) is 8.66. The van der Waals surface area contributed by atoms with Crippen molar-refractivity contribution in [2.45, 2.75) is 45.1 Å². The van der Waals surface area contributed by atoms with E-state index in [2.05, 4.69) is 44.9 Å². The van der Waals surface area contributed by atoms with Crippen LogP contribution in [0.15, 0.2) is 28.7 Å². The number of halogens is 1. The van der Waals surface area contributed by atoms with Crippen LogP contribution >= 0.6 is 15.9 Å². The molecule has 0 radical (unpaired) electrons. The second-order valence-electron chi connectivity index (χ2n) is 5.15. The van der Waals surface area contributed by atoms with E-state index in [9.17, 15) is 4.79 Å². The Morgan fingerprint density at radius 2 is 1.76 bits per heavy atom. The van der Waals surface area contributed by atoms with Crippen molar-refractivity contribution in [3.8, 4) is 0 Å². The quantitative estimate of drug-likeness (QED) is 0.762. The molecule has 2 rings (SSSR count). The van der Waals surface area contributed by atoms with Gasteiger partial charge < -0.3 is 4.74 Å². The normalized spacial score (nSPS) is 14.6. The Morgan fingerprint density at radius 1 is 1.24 bits per heavy atom. The van der Waals surface area contributed by atoms with Gasteiger partial charge in [-0.15, -0.1) is 0 Å². The number of carbonyl (C=O) groups is 1. The zero-order chi connectivity index (χ0) is 12.9. The lowest BCUT2D eigenvalue weighted by Crippen LogP contribution is -2.17. The van der Waals surface area contributed by atoms with Gasteiger partial charge in [0.25, 0.3) is 6.47 Å². The third-order valence-corrected chi connectivity index (χ3v) is 2.85. The topological polar surface area (TPSA) is 26.3 Å². The first-order valence-electron chi connectivity index (χ1n) is 5.79. The Kier molecular flexibility index (Phi) is 5.19. The van der Waals surface area contributed by atoms with Crippen molar-refractivity contribution < 1.29 is 9.53 Å². The van der Waals surface area contributed by atoms with Crippen LogP contribution in [0.3, 0.4) is 0 Å². The fourth-order valence-corrected chi connectivity index (χ4v) is 1.56. The molecule has 1 aliphatic carbocycles. The molecule has 2 nitrogen and oxygen atoms in total. The molecule has 1 aliphatic rings. The molecule has 0 N–H and O–H groups in total. The van der Waals surface area contributed by atoms with Gasteiger partial charge in [-0.1, -0.05) is 28.1 Å². The van der Waals surface area contributed by atoms with Crippen LogP contribution in [0.2, 0.25) is 0 Å². The molecule has 0 bridgehead atoms. The van der Waals surface area contributed by atoms with E-state index in [1.165, 1.54) is 22.9 Å². The highest BCUT2D eigenvalue weighted by Crippen LogP contribution is 2.40. The number of benzene rings is 1. The number of rotatable bonds is 2. The number of carbonyl (C=O) groups excluding carboxylic acids is 1. The Balaban J connectivity index is 0.000000185. The second kappa shape index (κ2) is 6.20. The van der Waals surface area contributed by atoms with Crippen LogP contribution in [-0.4, -0.2) is 12.1 Å². The molecule has 1 aromatic carbocycles. The molecule has 3 heteroatoms. The van der Waals surface area contributed by atoms with Crippen LogP contribution in [0.5, 0.6) is 0 Å². The highest BCUT2D eigenvalue weighted by atomic mass is 79.9. The Labute approximate surface area is 111 Å². The van der Waals surface area contributed by atoms with E-state index in [-0.39, 0.29) is 5.60 Å². The number of hydrogen-bond acceptors (Lipinski definition) is 2. The molecule has 1 fully saturated rings. The van der Waals surface area contributed by atoms with E-state index in [0.29, 0.717) is 6.47 Å². The lowest BCUT2D eigenvalue weighted by molar-refractivity contribution is -0.138. The van der Waals surface area contributed by atoms with Crippen molar-refractivity contribution in [1.82, 2.24) is 0 Å². The molecule has 0 spiro atoms. The summed E-state index contributed by atoms with van der Waals surface area (Å²) in [4.78, 5) is 9.60. The number of ether oxygens (including phenoxy) is 1. The average Bonchev–Trinajstić information content (AvgIpc) is 3.01. The summed E-state index contributed by atoms with van der Waals surface area (Å²) >= 11 is 3.41. The molecule has 0 atom stereocenters. The largest absolute Gasteiger partial charge is 0.462 e. The monoisotopic (exact) mass is 298 g/mol. The molecule has 1 saturated carbocycles. The fraction of sp³-hybridized carbons (Fsp3) is 0.500. The van der Waals surface area contributed by atoms with Crippen molar-refractivity contribution in [1.29, 1.82) is 0 Å². The van der Waals surface area contributed by atoms with Gasteiger partial charge in [0, 0.05) is 4.47 Å². The first kappa shape index (κ1) is 14.2. The van der Waals surface area contributed by atoms with Crippen molar-refractivity contribution in [2.24, 2.45) is 0 Å². The molecule has 0 heterocycles. The second-order valence-corrected chi connectivity index (χ2v) is 6.07. The SMILES string of the molecule is Brc1ccc(C2CC2)cc1.CC(C)(C)OC=O. The summed E-state index contributed by atoms with van der Waals surface area (Å²) in [5.41, 5.74) is 1.19. The first-order valence-corrected chi connectivity index (χ1v) is 6.58. The summed E-state index contributed by atoms with van der Waals surface area (Å²) in [6.07, 6.45) is 2.78. The molecular weight excluding hydrogens is 280 g/mol. The molecule has 0 aromatic heterocycles. The zero-order valence-electron chi connectivity index (χ0n) is 10.6. The van der Waals surface area contributed by atoms with Gasteiger partial charge in [0.05, 0.1) is 0 Å². The maximum Gasteiger partial charge on any atom is 0.293 e. The first-order chi connectivity index (χ1) is 7.92. The van der Waals surface area contributed by atoms with Gasteiger partial charge in [-0.25, -0.2) is 0 Å². The van der Waals surface area contributed by atoms with Crippen LogP contribution in [0, 0.1) is 0 Å². The fourth-order valence-electron chi connectivity index (χ4n) is 1.30. The highest BCUT2D eigenvalue weighted by molar-refractivity contribution is 9.10. The van der Waals surface area contributed by atoms with E-state index in [1.807, 2.05) is 20.8 Å². The summed E-state index contributed by atoms with van der Waals surface area (Å²) < 4.78 is 5.73. The minimum absolute atomic E-state index is 0.318. The highest BCUT2D eigenvalue weighted by Gasteiger charge is 2.22. The predicted molar refractivity (Wildman–Crippen MR) is 73.0 cm³/mol. The van der Waals surface area contributed by atoms with Gasteiger partial charge in [0.15, 0.2) is 0 Å². The third kappa shape index (κ3) is 6.47. The Morgan fingerprint density at radius 3 is 2.06 bits per heavy atom. The molecule has 0 aliphatic heterocycles. The van der Waals surface area contributed by atoms with Gasteiger partial charge >= 0.3 is 0 Å². The van der Waals surface area contributed by atoms with Crippen LogP contribution < -0.4 is 0 Å². The minimum Gasteiger partial charge on any atom is -0.462 e. The van der Waals surface area contributed by atoms with Crippen LogP contribution in [-0.2, 0) is 9.53 Å². The molecule has 94 valence electrons. The van der Waals surface area contributed by atoms with E-state index in [4.69, 9.17) is 0 Å². The zero-order valence-corrected chi connectivity index (χ0v) is 12.2.